The minimum absolute atomic E-state index is 0.0161. The molecule has 7 heteroatoms. The first-order valence-corrected chi connectivity index (χ1v) is 7.59. The van der Waals surface area contributed by atoms with Crippen LogP contribution in [0.3, 0.4) is 0 Å². The Labute approximate surface area is 111 Å². The third-order valence-corrected chi connectivity index (χ3v) is 5.11. The molecule has 0 aromatic heterocycles. The number of hydrogen-bond acceptors (Lipinski definition) is 2. The fraction of sp³-hybridized carbons (Fsp3) is 0.333. The van der Waals surface area contributed by atoms with Gasteiger partial charge in [0, 0.05) is 15.5 Å². The van der Waals surface area contributed by atoms with Crippen molar-refractivity contribution >= 4 is 41.9 Å². The molecule has 90 valence electrons. The van der Waals surface area contributed by atoms with Crippen molar-refractivity contribution in [2.24, 2.45) is 0 Å². The fourth-order valence-corrected chi connectivity index (χ4v) is 4.75. The zero-order chi connectivity index (χ0) is 12.3. The van der Waals surface area contributed by atoms with Crippen LogP contribution in [0.15, 0.2) is 26.0 Å². The molecule has 0 aliphatic carbocycles. The monoisotopic (exact) mass is 373 g/mol. The second-order valence-electron chi connectivity index (χ2n) is 3.10. The molecule has 0 unspecified atom stereocenters. The fourth-order valence-electron chi connectivity index (χ4n) is 1.09. The maximum atomic E-state index is 13.0. The first kappa shape index (κ1) is 14.1. The molecule has 1 N–H and O–H groups in total. The van der Waals surface area contributed by atoms with Crippen LogP contribution in [0, 0.1) is 5.82 Å². The Balaban J connectivity index is 3.23. The summed E-state index contributed by atoms with van der Waals surface area (Å²) >= 11 is 6.07. The van der Waals surface area contributed by atoms with Crippen LogP contribution in [0.25, 0.3) is 0 Å². The Morgan fingerprint density at radius 3 is 2.25 bits per heavy atom. The van der Waals surface area contributed by atoms with Crippen LogP contribution in [0.4, 0.5) is 4.39 Å². The van der Waals surface area contributed by atoms with E-state index in [0.717, 1.165) is 12.1 Å². The zero-order valence-corrected chi connectivity index (χ0v) is 12.4. The molecule has 0 aliphatic rings. The maximum absolute atomic E-state index is 13.0. The number of halogens is 3. The quantitative estimate of drug-likeness (QED) is 0.880. The summed E-state index contributed by atoms with van der Waals surface area (Å²) in [6.45, 7) is 2.20. The van der Waals surface area contributed by atoms with Crippen LogP contribution in [0.1, 0.15) is 13.3 Å². The lowest BCUT2D eigenvalue weighted by molar-refractivity contribution is 0.578. The molecule has 0 spiro atoms. The van der Waals surface area contributed by atoms with Crippen molar-refractivity contribution in [3.63, 3.8) is 0 Å². The van der Waals surface area contributed by atoms with Crippen molar-refractivity contribution in [2.75, 3.05) is 6.54 Å². The average Bonchev–Trinajstić information content (AvgIpc) is 2.12. The normalized spacial score (nSPS) is 11.8. The standard InChI is InChI=1S/C9H10Br2FNO2S/c1-2-3-13-16(14,15)9-7(10)4-6(12)5-8(9)11/h4-5,13H,2-3H2,1H3. The highest BCUT2D eigenvalue weighted by Gasteiger charge is 2.21. The summed E-state index contributed by atoms with van der Waals surface area (Å²) in [5.41, 5.74) is 0. The molecule has 0 fully saturated rings. The van der Waals surface area contributed by atoms with Crippen molar-refractivity contribution in [1.82, 2.24) is 4.72 Å². The summed E-state index contributed by atoms with van der Waals surface area (Å²) in [7, 11) is -3.61. The Morgan fingerprint density at radius 1 is 1.31 bits per heavy atom. The van der Waals surface area contributed by atoms with Gasteiger partial charge in [0.2, 0.25) is 10.0 Å². The molecular weight excluding hydrogens is 365 g/mol. The zero-order valence-electron chi connectivity index (χ0n) is 8.43. The molecular formula is C9H10Br2FNO2S. The van der Waals surface area contributed by atoms with Crippen molar-refractivity contribution in [3.05, 3.63) is 26.9 Å². The molecule has 0 heterocycles. The van der Waals surface area contributed by atoms with Gasteiger partial charge in [0.25, 0.3) is 0 Å². The summed E-state index contributed by atoms with van der Waals surface area (Å²) in [6, 6.07) is 2.23. The Morgan fingerprint density at radius 2 is 1.81 bits per heavy atom. The molecule has 0 radical (unpaired) electrons. The maximum Gasteiger partial charge on any atom is 0.242 e. The number of rotatable bonds is 4. The minimum atomic E-state index is -3.61. The van der Waals surface area contributed by atoms with Crippen molar-refractivity contribution in [1.29, 1.82) is 0 Å². The molecule has 16 heavy (non-hydrogen) atoms. The topological polar surface area (TPSA) is 46.2 Å². The van der Waals surface area contributed by atoms with Crippen LogP contribution >= 0.6 is 31.9 Å². The van der Waals surface area contributed by atoms with Gasteiger partial charge in [-0.3, -0.25) is 0 Å². The molecule has 1 aromatic carbocycles. The second kappa shape index (κ2) is 5.57. The van der Waals surface area contributed by atoms with E-state index in [-0.39, 0.29) is 13.8 Å². The molecule has 1 aromatic rings. The lowest BCUT2D eigenvalue weighted by Crippen LogP contribution is -2.25. The molecule has 0 saturated carbocycles. The van der Waals surface area contributed by atoms with Gasteiger partial charge in [0.1, 0.15) is 10.7 Å². The molecule has 1 rings (SSSR count). The average molecular weight is 375 g/mol. The Bertz CT molecular complexity index is 467. The highest BCUT2D eigenvalue weighted by atomic mass is 79.9. The molecule has 0 atom stereocenters. The number of hydrogen-bond donors (Lipinski definition) is 1. The van der Waals surface area contributed by atoms with E-state index in [4.69, 9.17) is 0 Å². The SMILES string of the molecule is CCCNS(=O)(=O)c1c(Br)cc(F)cc1Br. The van der Waals surface area contributed by atoms with Gasteiger partial charge in [-0.05, 0) is 50.4 Å². The van der Waals surface area contributed by atoms with Gasteiger partial charge >= 0.3 is 0 Å². The minimum Gasteiger partial charge on any atom is -0.211 e. The van der Waals surface area contributed by atoms with Gasteiger partial charge < -0.3 is 0 Å². The van der Waals surface area contributed by atoms with E-state index in [2.05, 4.69) is 36.6 Å². The first-order chi connectivity index (χ1) is 7.38. The van der Waals surface area contributed by atoms with Gasteiger partial charge in [0.05, 0.1) is 0 Å². The summed E-state index contributed by atoms with van der Waals surface area (Å²) in [5.74, 6) is -0.506. The second-order valence-corrected chi connectivity index (χ2v) is 6.51. The van der Waals surface area contributed by atoms with Crippen molar-refractivity contribution < 1.29 is 12.8 Å². The number of benzene rings is 1. The van der Waals surface area contributed by atoms with Crippen molar-refractivity contribution in [2.45, 2.75) is 18.2 Å². The van der Waals surface area contributed by atoms with Gasteiger partial charge in [0.15, 0.2) is 0 Å². The molecule has 0 saturated heterocycles. The van der Waals surface area contributed by atoms with E-state index < -0.39 is 15.8 Å². The lowest BCUT2D eigenvalue weighted by atomic mass is 10.3. The molecule has 0 amide bonds. The molecule has 3 nitrogen and oxygen atoms in total. The highest BCUT2D eigenvalue weighted by molar-refractivity contribution is 9.11. The third-order valence-electron chi connectivity index (χ3n) is 1.77. The predicted molar refractivity (Wildman–Crippen MR) is 67.3 cm³/mol. The van der Waals surface area contributed by atoms with E-state index in [1.807, 2.05) is 6.92 Å². The lowest BCUT2D eigenvalue weighted by Gasteiger charge is -2.09. The number of sulfonamides is 1. The largest absolute Gasteiger partial charge is 0.242 e. The van der Waals surface area contributed by atoms with Crippen LogP contribution in [0.2, 0.25) is 0 Å². The van der Waals surface area contributed by atoms with E-state index >= 15 is 0 Å². The Kier molecular flexibility index (Phi) is 4.90. The predicted octanol–water partition coefficient (Wildman–Crippen LogP) is 3.04. The van der Waals surface area contributed by atoms with Crippen LogP contribution in [-0.4, -0.2) is 15.0 Å². The van der Waals surface area contributed by atoms with E-state index in [1.54, 1.807) is 0 Å². The smallest absolute Gasteiger partial charge is 0.211 e. The summed E-state index contributed by atoms with van der Waals surface area (Å²) in [5, 5.41) is 0. The summed E-state index contributed by atoms with van der Waals surface area (Å²) in [4.78, 5) is 0.0161. The van der Waals surface area contributed by atoms with Gasteiger partial charge in [-0.15, -0.1) is 0 Å². The molecule has 0 bridgehead atoms. The summed E-state index contributed by atoms with van der Waals surface area (Å²) < 4.78 is 39.5. The first-order valence-electron chi connectivity index (χ1n) is 4.52. The third kappa shape index (κ3) is 3.26. The van der Waals surface area contributed by atoms with Gasteiger partial charge in [-0.2, -0.15) is 0 Å². The van der Waals surface area contributed by atoms with Crippen LogP contribution in [0.5, 0.6) is 0 Å². The van der Waals surface area contributed by atoms with Gasteiger partial charge in [-0.25, -0.2) is 17.5 Å². The summed E-state index contributed by atoms with van der Waals surface area (Å²) in [6.07, 6.45) is 0.690. The molecule has 0 aliphatic heterocycles. The van der Waals surface area contributed by atoms with E-state index in [1.165, 1.54) is 0 Å². The van der Waals surface area contributed by atoms with Crippen LogP contribution in [-0.2, 0) is 10.0 Å². The number of nitrogens with one attached hydrogen (secondary N) is 1. The van der Waals surface area contributed by atoms with Crippen molar-refractivity contribution in [3.8, 4) is 0 Å². The van der Waals surface area contributed by atoms with Crippen LogP contribution < -0.4 is 4.72 Å². The van der Waals surface area contributed by atoms with E-state index in [0.29, 0.717) is 13.0 Å². The highest BCUT2D eigenvalue weighted by Crippen LogP contribution is 2.30. The van der Waals surface area contributed by atoms with E-state index in [9.17, 15) is 12.8 Å². The Hall–Kier alpha value is 0.0200. The van der Waals surface area contributed by atoms with Gasteiger partial charge in [-0.1, -0.05) is 6.92 Å².